The first-order chi connectivity index (χ1) is 12.5. The van der Waals surface area contributed by atoms with Crippen LogP contribution >= 0.6 is 0 Å². The lowest BCUT2D eigenvalue weighted by Crippen LogP contribution is -2.51. The van der Waals surface area contributed by atoms with E-state index in [-0.39, 0.29) is 24.3 Å². The Morgan fingerprint density at radius 1 is 1.12 bits per heavy atom. The molecule has 0 spiro atoms. The second-order valence-electron chi connectivity index (χ2n) is 6.17. The minimum atomic E-state index is -0.908. The molecule has 2 aromatic rings. The average molecular weight is 364 g/mol. The van der Waals surface area contributed by atoms with Gasteiger partial charge in [0.25, 0.3) is 5.91 Å². The van der Waals surface area contributed by atoms with Crippen LogP contribution in [0.4, 0.5) is 13.2 Å². The van der Waals surface area contributed by atoms with Crippen molar-refractivity contribution in [2.75, 3.05) is 19.7 Å². The smallest absolute Gasteiger partial charge is 0.258 e. The third-order valence-electron chi connectivity index (χ3n) is 4.40. The maximum absolute atomic E-state index is 13.5. The number of ether oxygens (including phenoxy) is 1. The summed E-state index contributed by atoms with van der Waals surface area (Å²) in [5.41, 5.74) is 0.630. The maximum Gasteiger partial charge on any atom is 0.258 e. The van der Waals surface area contributed by atoms with Crippen LogP contribution < -0.4 is 15.4 Å². The van der Waals surface area contributed by atoms with Gasteiger partial charge >= 0.3 is 0 Å². The molecule has 2 unspecified atom stereocenters. The van der Waals surface area contributed by atoms with E-state index in [2.05, 4.69) is 10.6 Å². The van der Waals surface area contributed by atoms with Gasteiger partial charge < -0.3 is 15.4 Å². The number of amides is 1. The molecular formula is C19H19F3N2O2. The molecule has 4 nitrogen and oxygen atoms in total. The number of halogens is 3. The monoisotopic (exact) mass is 364 g/mol. The Morgan fingerprint density at radius 2 is 1.92 bits per heavy atom. The number of carbonyl (C=O) groups excluding carboxylic acids is 1. The van der Waals surface area contributed by atoms with Crippen LogP contribution in [0.3, 0.4) is 0 Å². The van der Waals surface area contributed by atoms with Crippen molar-refractivity contribution in [3.8, 4) is 5.75 Å². The predicted octanol–water partition coefficient (Wildman–Crippen LogP) is 2.74. The number of carbonyl (C=O) groups is 1. The molecule has 1 aliphatic heterocycles. The second-order valence-corrected chi connectivity index (χ2v) is 6.17. The molecule has 2 N–H and O–H groups in total. The molecule has 0 aromatic heterocycles. The van der Waals surface area contributed by atoms with Crippen molar-refractivity contribution >= 4 is 5.91 Å². The van der Waals surface area contributed by atoms with Gasteiger partial charge in [-0.1, -0.05) is 18.2 Å². The van der Waals surface area contributed by atoms with E-state index in [1.165, 1.54) is 30.3 Å². The molecule has 1 fully saturated rings. The van der Waals surface area contributed by atoms with Crippen molar-refractivity contribution in [2.45, 2.75) is 18.4 Å². The van der Waals surface area contributed by atoms with Gasteiger partial charge in [-0.3, -0.25) is 4.79 Å². The molecule has 2 atom stereocenters. The summed E-state index contributed by atoms with van der Waals surface area (Å²) < 4.78 is 45.4. The Balaban J connectivity index is 1.63. The van der Waals surface area contributed by atoms with Crippen LogP contribution in [0.1, 0.15) is 17.9 Å². The summed E-state index contributed by atoms with van der Waals surface area (Å²) in [5, 5.41) is 5.99. The van der Waals surface area contributed by atoms with E-state index in [0.29, 0.717) is 25.1 Å². The van der Waals surface area contributed by atoms with Gasteiger partial charge in [-0.15, -0.1) is 0 Å². The van der Waals surface area contributed by atoms with Crippen LogP contribution in [0.2, 0.25) is 0 Å². The van der Waals surface area contributed by atoms with Crippen molar-refractivity contribution < 1.29 is 22.7 Å². The first kappa shape index (κ1) is 18.3. The van der Waals surface area contributed by atoms with Gasteiger partial charge in [0.15, 0.2) is 29.8 Å². The van der Waals surface area contributed by atoms with Crippen LogP contribution in [0.15, 0.2) is 42.5 Å². The van der Waals surface area contributed by atoms with Crippen LogP contribution in [-0.4, -0.2) is 31.6 Å². The lowest BCUT2D eigenvalue weighted by molar-refractivity contribution is -0.124. The summed E-state index contributed by atoms with van der Waals surface area (Å²) in [7, 11) is 0. The van der Waals surface area contributed by atoms with Gasteiger partial charge in [-0.25, -0.2) is 13.2 Å². The first-order valence-electron chi connectivity index (χ1n) is 8.37. The van der Waals surface area contributed by atoms with Crippen molar-refractivity contribution in [3.05, 3.63) is 65.5 Å². The van der Waals surface area contributed by atoms with Crippen molar-refractivity contribution in [2.24, 2.45) is 0 Å². The van der Waals surface area contributed by atoms with Gasteiger partial charge in [-0.05, 0) is 42.8 Å². The molecule has 1 amide bonds. The third kappa shape index (κ3) is 4.35. The summed E-state index contributed by atoms with van der Waals surface area (Å²) in [6.07, 6.45) is 0.671. The molecule has 26 heavy (non-hydrogen) atoms. The number of rotatable bonds is 5. The summed E-state index contributed by atoms with van der Waals surface area (Å²) in [6, 6.07) is 9.32. The Bertz CT molecular complexity index is 785. The minimum Gasteiger partial charge on any atom is -0.481 e. The third-order valence-corrected chi connectivity index (χ3v) is 4.40. The number of hydrogen-bond donors (Lipinski definition) is 2. The Labute approximate surface area is 149 Å². The summed E-state index contributed by atoms with van der Waals surface area (Å²) >= 11 is 0. The number of nitrogens with one attached hydrogen (secondary N) is 2. The largest absolute Gasteiger partial charge is 0.481 e. The normalized spacial score (nSPS) is 19.8. The van der Waals surface area contributed by atoms with E-state index in [4.69, 9.17) is 4.74 Å². The van der Waals surface area contributed by atoms with E-state index in [9.17, 15) is 18.0 Å². The van der Waals surface area contributed by atoms with Crippen LogP contribution in [0, 0.1) is 17.5 Å². The Morgan fingerprint density at radius 3 is 2.69 bits per heavy atom. The lowest BCUT2D eigenvalue weighted by atomic mass is 9.86. The van der Waals surface area contributed by atoms with Crippen molar-refractivity contribution in [1.82, 2.24) is 10.6 Å². The molecule has 1 saturated heterocycles. The van der Waals surface area contributed by atoms with Crippen LogP contribution in [0.25, 0.3) is 0 Å². The standard InChI is InChI=1S/C19H19F3N2O2/c20-14-6-5-12(9-16(14)22)13-7-8-23-10-17(13)24-19(25)11-26-18-4-2-1-3-15(18)21/h1-6,9,13,17,23H,7-8,10-11H2,(H,24,25). The second kappa shape index (κ2) is 8.23. The molecule has 1 heterocycles. The zero-order valence-electron chi connectivity index (χ0n) is 14.0. The van der Waals surface area contributed by atoms with Crippen LogP contribution in [-0.2, 0) is 4.79 Å². The number of benzene rings is 2. The van der Waals surface area contributed by atoms with E-state index >= 15 is 0 Å². The van der Waals surface area contributed by atoms with Crippen LogP contribution in [0.5, 0.6) is 5.75 Å². The van der Waals surface area contributed by atoms with Crippen molar-refractivity contribution in [3.63, 3.8) is 0 Å². The highest BCUT2D eigenvalue weighted by atomic mass is 19.2. The molecule has 138 valence electrons. The van der Waals surface area contributed by atoms with Crippen molar-refractivity contribution in [1.29, 1.82) is 0 Å². The predicted molar refractivity (Wildman–Crippen MR) is 90.4 cm³/mol. The number of hydrogen-bond acceptors (Lipinski definition) is 3. The van der Waals surface area contributed by atoms with Gasteiger partial charge in [0.2, 0.25) is 0 Å². The molecule has 2 aromatic carbocycles. The summed E-state index contributed by atoms with van der Waals surface area (Å²) in [6.45, 7) is 0.874. The molecule has 0 bridgehead atoms. The highest BCUT2D eigenvalue weighted by molar-refractivity contribution is 5.78. The molecule has 0 aliphatic carbocycles. The quantitative estimate of drug-likeness (QED) is 0.858. The fraction of sp³-hybridized carbons (Fsp3) is 0.316. The van der Waals surface area contributed by atoms with Gasteiger partial charge in [0, 0.05) is 18.5 Å². The molecule has 1 aliphatic rings. The van der Waals surface area contributed by atoms with E-state index in [1.54, 1.807) is 6.07 Å². The number of piperidine rings is 1. The molecule has 0 saturated carbocycles. The molecule has 3 rings (SSSR count). The Hall–Kier alpha value is -2.54. The Kier molecular flexibility index (Phi) is 5.78. The SMILES string of the molecule is O=C(COc1ccccc1F)NC1CNCCC1c1ccc(F)c(F)c1. The fourth-order valence-electron chi connectivity index (χ4n) is 3.11. The topological polar surface area (TPSA) is 50.4 Å². The van der Waals surface area contributed by atoms with E-state index in [1.807, 2.05) is 0 Å². The van der Waals surface area contributed by atoms with Gasteiger partial charge in [0.1, 0.15) is 0 Å². The molecule has 0 radical (unpaired) electrons. The zero-order chi connectivity index (χ0) is 18.5. The summed E-state index contributed by atoms with van der Waals surface area (Å²) in [5.74, 6) is -2.91. The highest BCUT2D eigenvalue weighted by Crippen LogP contribution is 2.27. The average Bonchev–Trinajstić information content (AvgIpc) is 2.64. The molecular weight excluding hydrogens is 345 g/mol. The minimum absolute atomic E-state index is 0.00146. The summed E-state index contributed by atoms with van der Waals surface area (Å²) in [4.78, 5) is 12.2. The highest BCUT2D eigenvalue weighted by Gasteiger charge is 2.28. The van der Waals surface area contributed by atoms with E-state index in [0.717, 1.165) is 6.07 Å². The van der Waals surface area contributed by atoms with Gasteiger partial charge in [-0.2, -0.15) is 0 Å². The number of para-hydroxylation sites is 1. The molecule has 7 heteroatoms. The lowest BCUT2D eigenvalue weighted by Gasteiger charge is -2.33. The van der Waals surface area contributed by atoms with E-state index < -0.39 is 23.4 Å². The first-order valence-corrected chi connectivity index (χ1v) is 8.37. The maximum atomic E-state index is 13.5. The fourth-order valence-corrected chi connectivity index (χ4v) is 3.11. The zero-order valence-corrected chi connectivity index (χ0v) is 14.0. The van der Waals surface area contributed by atoms with Gasteiger partial charge in [0.05, 0.1) is 0 Å².